The Hall–Kier alpha value is -3.04. The van der Waals surface area contributed by atoms with E-state index in [4.69, 9.17) is 10.2 Å². The summed E-state index contributed by atoms with van der Waals surface area (Å²) in [6, 6.07) is 10.5. The number of aromatic nitrogens is 3. The van der Waals surface area contributed by atoms with Crippen LogP contribution in [0.1, 0.15) is 16.7 Å². The van der Waals surface area contributed by atoms with Gasteiger partial charge in [-0.1, -0.05) is 0 Å². The molecule has 0 unspecified atom stereocenters. The summed E-state index contributed by atoms with van der Waals surface area (Å²) in [6.07, 6.45) is 1.72. The Morgan fingerprint density at radius 3 is 2.64 bits per heavy atom. The predicted molar refractivity (Wildman–Crippen MR) is 96.3 cm³/mol. The van der Waals surface area contributed by atoms with Crippen LogP contribution < -0.4 is 0 Å². The lowest BCUT2D eigenvalue weighted by atomic mass is 10.1. The first-order chi connectivity index (χ1) is 12.1. The lowest BCUT2D eigenvalue weighted by Crippen LogP contribution is -1.99. The van der Waals surface area contributed by atoms with Crippen molar-refractivity contribution >= 4 is 22.4 Å². The number of thiazole rings is 1. The Balaban J connectivity index is 2.07. The third-order valence-corrected chi connectivity index (χ3v) is 4.99. The van der Waals surface area contributed by atoms with Gasteiger partial charge in [0.25, 0.3) is 0 Å². The number of nitriles is 1. The highest BCUT2D eigenvalue weighted by Crippen LogP contribution is 2.31. The summed E-state index contributed by atoms with van der Waals surface area (Å²) in [4.78, 5) is 9.09. The second-order valence-corrected chi connectivity index (χ2v) is 6.70. The quantitative estimate of drug-likeness (QED) is 0.524. The zero-order valence-electron chi connectivity index (χ0n) is 13.6. The van der Waals surface area contributed by atoms with Crippen molar-refractivity contribution in [2.75, 3.05) is 0 Å². The van der Waals surface area contributed by atoms with Crippen molar-refractivity contribution in [2.45, 2.75) is 13.8 Å². The maximum atomic E-state index is 14.2. The first-order valence-electron chi connectivity index (χ1n) is 7.68. The number of imidazole rings is 1. The first kappa shape index (κ1) is 15.5. The van der Waals surface area contributed by atoms with Gasteiger partial charge in [0.05, 0.1) is 22.3 Å². The Kier molecular flexibility index (Phi) is 3.59. The average Bonchev–Trinajstić information content (AvgIpc) is 3.23. The maximum Gasteiger partial charge on any atom is 0.174 e. The average molecular weight is 348 g/mol. The third kappa shape index (κ3) is 2.49. The molecule has 0 aliphatic heterocycles. The Morgan fingerprint density at radius 1 is 1.16 bits per heavy atom. The van der Waals surface area contributed by atoms with Crippen LogP contribution in [0.15, 0.2) is 41.9 Å². The van der Waals surface area contributed by atoms with Crippen LogP contribution in [0.3, 0.4) is 0 Å². The van der Waals surface area contributed by atoms with E-state index in [1.165, 1.54) is 23.5 Å². The number of fused-ring (bicyclic) bond motifs is 1. The Bertz CT molecular complexity index is 1140. The summed E-state index contributed by atoms with van der Waals surface area (Å²) >= 11 is 1.48. The molecule has 0 N–H and O–H groups in total. The summed E-state index contributed by atoms with van der Waals surface area (Å²) in [5.41, 5.74) is 4.64. The van der Waals surface area contributed by atoms with Crippen molar-refractivity contribution in [2.24, 2.45) is 0 Å². The van der Waals surface area contributed by atoms with Crippen molar-refractivity contribution in [1.29, 1.82) is 5.26 Å². The third-order valence-electron chi connectivity index (χ3n) is 4.22. The molecule has 2 heterocycles. The van der Waals surface area contributed by atoms with Gasteiger partial charge in [-0.25, -0.2) is 14.4 Å². The molecule has 4 nitrogen and oxygen atoms in total. The molecule has 0 saturated carbocycles. The highest BCUT2D eigenvalue weighted by molar-refractivity contribution is 7.13. The minimum Gasteiger partial charge on any atom is -0.290 e. The molecule has 0 atom stereocenters. The molecule has 0 radical (unpaired) electrons. The number of hydrogen-bond donors (Lipinski definition) is 0. The van der Waals surface area contributed by atoms with E-state index in [1.54, 1.807) is 12.3 Å². The van der Waals surface area contributed by atoms with Gasteiger partial charge < -0.3 is 0 Å². The van der Waals surface area contributed by atoms with E-state index < -0.39 is 5.82 Å². The molecule has 0 spiro atoms. The molecule has 0 aliphatic rings. The van der Waals surface area contributed by atoms with E-state index in [0.717, 1.165) is 27.2 Å². The molecule has 6 heteroatoms. The minimum absolute atomic E-state index is 0.0241. The van der Waals surface area contributed by atoms with Crippen LogP contribution in [0.5, 0.6) is 0 Å². The predicted octanol–water partition coefficient (Wildman–Crippen LogP) is 4.78. The Morgan fingerprint density at radius 2 is 1.96 bits per heavy atom. The zero-order chi connectivity index (χ0) is 17.6. The van der Waals surface area contributed by atoms with Crippen molar-refractivity contribution in [1.82, 2.24) is 14.5 Å². The second kappa shape index (κ2) is 5.80. The maximum absolute atomic E-state index is 14.2. The molecule has 0 amide bonds. The number of aryl methyl sites for hydroxylation is 2. The van der Waals surface area contributed by atoms with Gasteiger partial charge in [0, 0.05) is 11.6 Å². The van der Waals surface area contributed by atoms with E-state index in [9.17, 15) is 4.39 Å². The topological polar surface area (TPSA) is 54.5 Å². The molecule has 0 bridgehead atoms. The summed E-state index contributed by atoms with van der Waals surface area (Å²) in [7, 11) is 0. The fourth-order valence-electron chi connectivity index (χ4n) is 2.81. The molecule has 122 valence electrons. The largest absolute Gasteiger partial charge is 0.290 e. The summed E-state index contributed by atoms with van der Waals surface area (Å²) < 4.78 is 16.1. The van der Waals surface area contributed by atoms with E-state index in [0.29, 0.717) is 11.5 Å². The van der Waals surface area contributed by atoms with Gasteiger partial charge in [-0.15, -0.1) is 11.3 Å². The van der Waals surface area contributed by atoms with Crippen molar-refractivity contribution in [3.05, 3.63) is 64.4 Å². The van der Waals surface area contributed by atoms with Crippen molar-refractivity contribution in [3.63, 3.8) is 0 Å². The van der Waals surface area contributed by atoms with Crippen LogP contribution in [0, 0.1) is 31.0 Å². The molecular formula is C19H13FN4S. The molecule has 0 aliphatic carbocycles. The number of nitrogens with zero attached hydrogens (tertiary/aromatic N) is 4. The van der Waals surface area contributed by atoms with Crippen LogP contribution in [-0.2, 0) is 0 Å². The first-order valence-corrected chi connectivity index (χ1v) is 8.56. The molecule has 2 aromatic heterocycles. The van der Waals surface area contributed by atoms with Gasteiger partial charge in [0.1, 0.15) is 11.9 Å². The van der Waals surface area contributed by atoms with Gasteiger partial charge in [0.2, 0.25) is 0 Å². The second-order valence-electron chi connectivity index (χ2n) is 5.81. The molecule has 2 aromatic carbocycles. The molecule has 4 rings (SSSR count). The normalized spacial score (nSPS) is 11.0. The molecular weight excluding hydrogens is 335 g/mol. The van der Waals surface area contributed by atoms with Crippen LogP contribution in [0.2, 0.25) is 0 Å². The lowest BCUT2D eigenvalue weighted by molar-refractivity contribution is 0.623. The summed E-state index contributed by atoms with van der Waals surface area (Å²) in [6.45, 7) is 4.08. The minimum atomic E-state index is -0.546. The standard InChI is InChI=1S/C19H13FN4S/c1-11-7-16-17(8-12(11)2)24(18(23-16)19-22-5-6-25-19)14-4-3-13(10-21)15(20)9-14/h3-9H,1-2H3. The summed E-state index contributed by atoms with van der Waals surface area (Å²) in [5, 5.41) is 11.6. The summed E-state index contributed by atoms with van der Waals surface area (Å²) in [5.74, 6) is 0.120. The van der Waals surface area contributed by atoms with Crippen LogP contribution in [-0.4, -0.2) is 14.5 Å². The van der Waals surface area contributed by atoms with E-state index in [-0.39, 0.29) is 5.56 Å². The molecule has 0 fully saturated rings. The molecule has 0 saturated heterocycles. The monoisotopic (exact) mass is 348 g/mol. The van der Waals surface area contributed by atoms with Gasteiger partial charge in [-0.05, 0) is 55.3 Å². The van der Waals surface area contributed by atoms with Crippen molar-refractivity contribution < 1.29 is 4.39 Å². The SMILES string of the molecule is Cc1cc2nc(-c3nccs3)n(-c3ccc(C#N)c(F)c3)c2cc1C. The van der Waals surface area contributed by atoms with Gasteiger partial charge in [-0.3, -0.25) is 4.57 Å². The van der Waals surface area contributed by atoms with Crippen LogP contribution in [0.25, 0.3) is 27.6 Å². The van der Waals surface area contributed by atoms with Crippen LogP contribution in [0.4, 0.5) is 4.39 Å². The highest BCUT2D eigenvalue weighted by atomic mass is 32.1. The Labute approximate surface area is 147 Å². The van der Waals surface area contributed by atoms with Crippen molar-refractivity contribution in [3.8, 4) is 22.6 Å². The number of rotatable bonds is 2. The number of halogens is 1. The molecule has 4 aromatic rings. The number of benzene rings is 2. The molecule has 25 heavy (non-hydrogen) atoms. The van der Waals surface area contributed by atoms with Gasteiger partial charge in [0.15, 0.2) is 10.8 Å². The highest BCUT2D eigenvalue weighted by Gasteiger charge is 2.18. The van der Waals surface area contributed by atoms with Crippen LogP contribution >= 0.6 is 11.3 Å². The smallest absolute Gasteiger partial charge is 0.174 e. The van der Waals surface area contributed by atoms with E-state index in [1.807, 2.05) is 42.0 Å². The lowest BCUT2D eigenvalue weighted by Gasteiger charge is -2.09. The fraction of sp³-hybridized carbons (Fsp3) is 0.105. The van der Waals surface area contributed by atoms with E-state index >= 15 is 0 Å². The zero-order valence-corrected chi connectivity index (χ0v) is 14.4. The number of hydrogen-bond acceptors (Lipinski definition) is 4. The fourth-order valence-corrected chi connectivity index (χ4v) is 3.42. The van der Waals surface area contributed by atoms with E-state index in [2.05, 4.69) is 4.98 Å². The van der Waals surface area contributed by atoms with Gasteiger partial charge in [-0.2, -0.15) is 5.26 Å². The van der Waals surface area contributed by atoms with Gasteiger partial charge >= 0.3 is 0 Å².